The average Bonchev–Trinajstić information content (AvgIpc) is 2.79. The van der Waals surface area contributed by atoms with Crippen molar-refractivity contribution in [3.05, 3.63) is 58.6 Å². The highest BCUT2D eigenvalue weighted by Gasteiger charge is 2.23. The Labute approximate surface area is 187 Å². The van der Waals surface area contributed by atoms with Gasteiger partial charge in [0.15, 0.2) is 11.5 Å². The van der Waals surface area contributed by atoms with E-state index in [4.69, 9.17) is 21.1 Å². The van der Waals surface area contributed by atoms with Gasteiger partial charge in [-0.1, -0.05) is 35.9 Å². The van der Waals surface area contributed by atoms with Crippen molar-refractivity contribution in [2.75, 3.05) is 46.9 Å². The second-order valence-electron chi connectivity index (χ2n) is 7.39. The summed E-state index contributed by atoms with van der Waals surface area (Å²) >= 11 is 6.16. The zero-order chi connectivity index (χ0) is 22.2. The molecule has 1 saturated heterocycles. The summed E-state index contributed by atoms with van der Waals surface area (Å²) in [5, 5.41) is 3.55. The van der Waals surface area contributed by atoms with Crippen LogP contribution in [-0.2, 0) is 22.6 Å². The average molecular weight is 446 g/mol. The van der Waals surface area contributed by atoms with Crippen LogP contribution in [0.5, 0.6) is 11.5 Å². The molecule has 0 atom stereocenters. The van der Waals surface area contributed by atoms with Gasteiger partial charge in [0.25, 0.3) is 0 Å². The quantitative estimate of drug-likeness (QED) is 0.675. The van der Waals surface area contributed by atoms with Gasteiger partial charge in [-0.15, -0.1) is 0 Å². The molecule has 0 saturated carbocycles. The van der Waals surface area contributed by atoms with E-state index in [-0.39, 0.29) is 11.8 Å². The monoisotopic (exact) mass is 445 g/mol. The van der Waals surface area contributed by atoms with E-state index in [0.29, 0.717) is 62.2 Å². The van der Waals surface area contributed by atoms with Crippen LogP contribution in [0.4, 0.5) is 0 Å². The van der Waals surface area contributed by atoms with E-state index in [0.717, 1.165) is 11.1 Å². The van der Waals surface area contributed by atoms with Gasteiger partial charge in [0.1, 0.15) is 0 Å². The number of rotatable bonds is 8. The van der Waals surface area contributed by atoms with E-state index in [1.807, 2.05) is 41.3 Å². The number of carbonyl (C=O) groups is 2. The first-order valence-corrected chi connectivity index (χ1v) is 10.6. The van der Waals surface area contributed by atoms with Crippen molar-refractivity contribution in [2.24, 2.45) is 0 Å². The standard InChI is InChI=1S/C23H28ClN3O4/c1-30-20-8-7-17(13-21(20)31-2)15-25-22(28)16-26-9-11-27(12-10-26)23(29)14-18-5-3-4-6-19(18)24/h3-8,13H,9-12,14-16H2,1-2H3,(H,25,28). The number of halogens is 1. The number of hydrogen-bond donors (Lipinski definition) is 1. The molecular weight excluding hydrogens is 418 g/mol. The van der Waals surface area contributed by atoms with E-state index < -0.39 is 0 Å². The number of hydrogen-bond acceptors (Lipinski definition) is 5. The summed E-state index contributed by atoms with van der Waals surface area (Å²) in [6.45, 7) is 3.25. The third kappa shape index (κ3) is 6.35. The number of nitrogens with one attached hydrogen (secondary N) is 1. The third-order valence-corrected chi connectivity index (χ3v) is 5.70. The summed E-state index contributed by atoms with van der Waals surface area (Å²) < 4.78 is 10.5. The Kier molecular flexibility index (Phi) is 8.14. The van der Waals surface area contributed by atoms with Gasteiger partial charge in [-0.3, -0.25) is 14.5 Å². The number of amides is 2. The summed E-state index contributed by atoms with van der Waals surface area (Å²) in [6, 6.07) is 13.0. The fourth-order valence-corrected chi connectivity index (χ4v) is 3.72. The van der Waals surface area contributed by atoms with Crippen molar-refractivity contribution in [2.45, 2.75) is 13.0 Å². The lowest BCUT2D eigenvalue weighted by molar-refractivity contribution is -0.132. The smallest absolute Gasteiger partial charge is 0.234 e. The Morgan fingerprint density at radius 3 is 2.39 bits per heavy atom. The second kappa shape index (κ2) is 11.0. The lowest BCUT2D eigenvalue weighted by Gasteiger charge is -2.34. The molecule has 1 aliphatic heterocycles. The van der Waals surface area contributed by atoms with E-state index >= 15 is 0 Å². The molecular formula is C23H28ClN3O4. The van der Waals surface area contributed by atoms with Crippen molar-refractivity contribution in [3.8, 4) is 11.5 Å². The zero-order valence-corrected chi connectivity index (χ0v) is 18.7. The van der Waals surface area contributed by atoms with Crippen molar-refractivity contribution >= 4 is 23.4 Å². The molecule has 0 aliphatic carbocycles. The highest BCUT2D eigenvalue weighted by atomic mass is 35.5. The number of benzene rings is 2. The Bertz CT molecular complexity index is 913. The molecule has 2 aromatic rings. The summed E-state index contributed by atoms with van der Waals surface area (Å²) in [7, 11) is 3.17. The largest absolute Gasteiger partial charge is 0.493 e. The molecule has 0 aromatic heterocycles. The van der Waals surface area contributed by atoms with Gasteiger partial charge in [-0.2, -0.15) is 0 Å². The van der Waals surface area contributed by atoms with E-state index in [1.165, 1.54) is 0 Å². The first-order valence-electron chi connectivity index (χ1n) is 10.2. The van der Waals surface area contributed by atoms with Gasteiger partial charge < -0.3 is 19.7 Å². The first-order chi connectivity index (χ1) is 15.0. The molecule has 1 heterocycles. The summed E-state index contributed by atoms with van der Waals surface area (Å²) in [5.74, 6) is 1.29. The molecule has 1 fully saturated rings. The maximum Gasteiger partial charge on any atom is 0.234 e. The SMILES string of the molecule is COc1ccc(CNC(=O)CN2CCN(C(=O)Cc3ccccc3Cl)CC2)cc1OC. The minimum Gasteiger partial charge on any atom is -0.493 e. The predicted molar refractivity (Wildman–Crippen MR) is 120 cm³/mol. The highest BCUT2D eigenvalue weighted by Crippen LogP contribution is 2.27. The highest BCUT2D eigenvalue weighted by molar-refractivity contribution is 6.31. The topological polar surface area (TPSA) is 71.1 Å². The Balaban J connectivity index is 1.42. The number of methoxy groups -OCH3 is 2. The molecule has 2 aromatic carbocycles. The number of nitrogens with zero attached hydrogens (tertiary/aromatic N) is 2. The Hall–Kier alpha value is -2.77. The molecule has 8 heteroatoms. The maximum atomic E-state index is 12.6. The molecule has 0 bridgehead atoms. The Morgan fingerprint density at radius 2 is 1.71 bits per heavy atom. The van der Waals surface area contributed by atoms with E-state index in [1.54, 1.807) is 20.3 Å². The van der Waals surface area contributed by atoms with Crippen LogP contribution in [-0.4, -0.2) is 68.6 Å². The predicted octanol–water partition coefficient (Wildman–Crippen LogP) is 2.36. The fraction of sp³-hybridized carbons (Fsp3) is 0.391. The molecule has 0 unspecified atom stereocenters. The molecule has 7 nitrogen and oxygen atoms in total. The van der Waals surface area contributed by atoms with Gasteiger partial charge in [-0.25, -0.2) is 0 Å². The van der Waals surface area contributed by atoms with Crippen molar-refractivity contribution in [1.29, 1.82) is 0 Å². The van der Waals surface area contributed by atoms with Crippen LogP contribution in [0.3, 0.4) is 0 Å². The molecule has 3 rings (SSSR count). The molecule has 31 heavy (non-hydrogen) atoms. The van der Waals surface area contributed by atoms with Gasteiger partial charge >= 0.3 is 0 Å². The molecule has 1 N–H and O–H groups in total. The third-order valence-electron chi connectivity index (χ3n) is 5.33. The molecule has 166 valence electrons. The van der Waals surface area contributed by atoms with Gasteiger partial charge in [0, 0.05) is 37.7 Å². The summed E-state index contributed by atoms with van der Waals surface area (Å²) in [4.78, 5) is 28.8. The van der Waals surface area contributed by atoms with Crippen LogP contribution in [0.15, 0.2) is 42.5 Å². The van der Waals surface area contributed by atoms with E-state index in [9.17, 15) is 9.59 Å². The van der Waals surface area contributed by atoms with Crippen LogP contribution in [0.25, 0.3) is 0 Å². The number of piperazine rings is 1. The van der Waals surface area contributed by atoms with Crippen LogP contribution in [0.1, 0.15) is 11.1 Å². The summed E-state index contributed by atoms with van der Waals surface area (Å²) in [6.07, 6.45) is 0.297. The zero-order valence-electron chi connectivity index (χ0n) is 17.9. The number of carbonyl (C=O) groups excluding carboxylic acids is 2. The van der Waals surface area contributed by atoms with Crippen molar-refractivity contribution < 1.29 is 19.1 Å². The Morgan fingerprint density at radius 1 is 1.00 bits per heavy atom. The maximum absolute atomic E-state index is 12.6. The molecule has 1 aliphatic rings. The van der Waals surface area contributed by atoms with Crippen LogP contribution in [0.2, 0.25) is 5.02 Å². The van der Waals surface area contributed by atoms with E-state index in [2.05, 4.69) is 10.2 Å². The fourth-order valence-electron chi connectivity index (χ4n) is 3.52. The normalized spacial score (nSPS) is 14.2. The van der Waals surface area contributed by atoms with Gasteiger partial charge in [0.2, 0.25) is 11.8 Å². The molecule has 0 spiro atoms. The van der Waals surface area contributed by atoms with Crippen molar-refractivity contribution in [3.63, 3.8) is 0 Å². The lowest BCUT2D eigenvalue weighted by Crippen LogP contribution is -2.51. The molecule has 2 amide bonds. The van der Waals surface area contributed by atoms with Gasteiger partial charge in [0.05, 0.1) is 27.2 Å². The summed E-state index contributed by atoms with van der Waals surface area (Å²) in [5.41, 5.74) is 1.77. The first kappa shape index (κ1) is 22.9. The minimum atomic E-state index is -0.0503. The van der Waals surface area contributed by atoms with Gasteiger partial charge in [-0.05, 0) is 29.3 Å². The lowest BCUT2D eigenvalue weighted by atomic mass is 10.1. The van der Waals surface area contributed by atoms with Crippen LogP contribution >= 0.6 is 11.6 Å². The van der Waals surface area contributed by atoms with Crippen LogP contribution < -0.4 is 14.8 Å². The van der Waals surface area contributed by atoms with Crippen LogP contribution in [0, 0.1) is 0 Å². The number of ether oxygens (including phenoxy) is 2. The van der Waals surface area contributed by atoms with Crippen molar-refractivity contribution in [1.82, 2.24) is 15.1 Å². The second-order valence-corrected chi connectivity index (χ2v) is 7.80. The molecule has 0 radical (unpaired) electrons. The minimum absolute atomic E-state index is 0.0503.